The number of phenols is 1. The Kier molecular flexibility index (Phi) is 2.65. The second-order valence-corrected chi connectivity index (χ2v) is 4.01. The van der Waals surface area contributed by atoms with E-state index in [1.165, 1.54) is 0 Å². The predicted molar refractivity (Wildman–Crippen MR) is 68.7 cm³/mol. The zero-order valence-electron chi connectivity index (χ0n) is 9.67. The van der Waals surface area contributed by atoms with Gasteiger partial charge in [0.05, 0.1) is 11.6 Å². The van der Waals surface area contributed by atoms with Gasteiger partial charge < -0.3 is 14.3 Å². The molecular weight excluding hydrogens is 228 g/mol. The first-order chi connectivity index (χ1) is 8.84. The number of phenolic OH excluding ortho intramolecular Hbond substituents is 1. The Hall–Kier alpha value is -2.42. The number of furan rings is 1. The summed E-state index contributed by atoms with van der Waals surface area (Å²) < 4.78 is 11.0. The van der Waals surface area contributed by atoms with Crippen molar-refractivity contribution in [3.63, 3.8) is 0 Å². The molecule has 90 valence electrons. The second-order valence-electron chi connectivity index (χ2n) is 4.01. The van der Waals surface area contributed by atoms with E-state index in [-0.39, 0.29) is 5.75 Å². The lowest BCUT2D eigenvalue weighted by atomic mass is 10.1. The molecule has 0 saturated carbocycles. The van der Waals surface area contributed by atoms with Gasteiger partial charge in [-0.1, -0.05) is 24.3 Å². The number of fused-ring (bicyclic) bond motifs is 1. The maximum absolute atomic E-state index is 9.82. The lowest BCUT2D eigenvalue weighted by molar-refractivity contribution is 0.305. The summed E-state index contributed by atoms with van der Waals surface area (Å²) in [6.07, 6.45) is 1.62. The normalized spacial score (nSPS) is 10.7. The van der Waals surface area contributed by atoms with Gasteiger partial charge in [0.25, 0.3) is 0 Å². The maximum atomic E-state index is 9.82. The van der Waals surface area contributed by atoms with E-state index in [9.17, 15) is 5.11 Å². The van der Waals surface area contributed by atoms with Crippen LogP contribution < -0.4 is 4.74 Å². The molecule has 18 heavy (non-hydrogen) atoms. The van der Waals surface area contributed by atoms with E-state index in [1.54, 1.807) is 18.4 Å². The smallest absolute Gasteiger partial charge is 0.138 e. The van der Waals surface area contributed by atoms with Gasteiger partial charge in [-0.25, -0.2) is 0 Å². The van der Waals surface area contributed by atoms with Crippen LogP contribution in [0, 0.1) is 0 Å². The molecular formula is C15H12O3. The van der Waals surface area contributed by atoms with Crippen LogP contribution in [0.25, 0.3) is 11.0 Å². The summed E-state index contributed by atoms with van der Waals surface area (Å²) in [6, 6.07) is 14.8. The van der Waals surface area contributed by atoms with Gasteiger partial charge in [-0.2, -0.15) is 0 Å². The van der Waals surface area contributed by atoms with E-state index in [1.807, 2.05) is 36.4 Å². The highest BCUT2D eigenvalue weighted by atomic mass is 16.5. The molecule has 2 aromatic carbocycles. The molecule has 0 bridgehead atoms. The van der Waals surface area contributed by atoms with Crippen molar-refractivity contribution in [1.29, 1.82) is 0 Å². The van der Waals surface area contributed by atoms with Crippen LogP contribution in [0.1, 0.15) is 5.56 Å². The van der Waals surface area contributed by atoms with Crippen molar-refractivity contribution >= 4 is 11.0 Å². The number of benzene rings is 2. The summed E-state index contributed by atoms with van der Waals surface area (Å²) in [5, 5.41) is 10.5. The minimum atomic E-state index is 0.216. The van der Waals surface area contributed by atoms with Crippen molar-refractivity contribution in [3.8, 4) is 11.5 Å². The molecule has 0 saturated heterocycles. The third kappa shape index (κ3) is 1.91. The molecule has 0 aliphatic rings. The molecule has 1 aromatic heterocycles. The van der Waals surface area contributed by atoms with E-state index in [2.05, 4.69) is 0 Å². The van der Waals surface area contributed by atoms with Crippen LogP contribution in [-0.4, -0.2) is 5.11 Å². The summed E-state index contributed by atoms with van der Waals surface area (Å²) in [7, 11) is 0. The predicted octanol–water partition coefficient (Wildman–Crippen LogP) is 3.72. The van der Waals surface area contributed by atoms with Crippen LogP contribution in [0.5, 0.6) is 11.5 Å². The van der Waals surface area contributed by atoms with Gasteiger partial charge >= 0.3 is 0 Å². The number of ether oxygens (including phenoxy) is 1. The van der Waals surface area contributed by atoms with Crippen LogP contribution in [0.15, 0.2) is 59.2 Å². The highest BCUT2D eigenvalue weighted by Gasteiger charge is 2.10. The Balaban J connectivity index is 1.87. The Morgan fingerprint density at radius 2 is 1.83 bits per heavy atom. The van der Waals surface area contributed by atoms with Gasteiger partial charge in [0.2, 0.25) is 0 Å². The van der Waals surface area contributed by atoms with Crippen LogP contribution in [-0.2, 0) is 6.61 Å². The van der Waals surface area contributed by atoms with Crippen molar-refractivity contribution in [1.82, 2.24) is 0 Å². The Morgan fingerprint density at radius 1 is 1.00 bits per heavy atom. The zero-order chi connectivity index (χ0) is 12.4. The van der Waals surface area contributed by atoms with Crippen molar-refractivity contribution in [2.75, 3.05) is 0 Å². The van der Waals surface area contributed by atoms with Gasteiger partial charge in [-0.3, -0.25) is 0 Å². The molecule has 0 aliphatic carbocycles. The number of aromatic hydroxyl groups is 1. The quantitative estimate of drug-likeness (QED) is 0.758. The molecule has 0 fully saturated rings. The monoisotopic (exact) mass is 240 g/mol. The first-order valence-electron chi connectivity index (χ1n) is 5.70. The summed E-state index contributed by atoms with van der Waals surface area (Å²) in [4.78, 5) is 0. The molecule has 3 nitrogen and oxygen atoms in total. The van der Waals surface area contributed by atoms with Gasteiger partial charge in [0.15, 0.2) is 0 Å². The van der Waals surface area contributed by atoms with E-state index in [0.717, 1.165) is 11.3 Å². The first kappa shape index (κ1) is 10.7. The zero-order valence-corrected chi connectivity index (χ0v) is 9.67. The minimum absolute atomic E-state index is 0.216. The average molecular weight is 240 g/mol. The Morgan fingerprint density at radius 3 is 2.67 bits per heavy atom. The summed E-state index contributed by atoms with van der Waals surface area (Å²) in [6.45, 7) is 0.370. The van der Waals surface area contributed by atoms with Gasteiger partial charge in [-0.05, 0) is 24.3 Å². The maximum Gasteiger partial charge on any atom is 0.138 e. The molecule has 1 heterocycles. The highest BCUT2D eigenvalue weighted by Crippen LogP contribution is 2.30. The van der Waals surface area contributed by atoms with Gasteiger partial charge in [0, 0.05) is 5.56 Å². The standard InChI is InChI=1S/C15H12O3/c16-13-7-4-8-14-15(13)11(10-18-14)9-17-12-5-2-1-3-6-12/h1-8,10,16H,9H2. The van der Waals surface area contributed by atoms with Crippen molar-refractivity contribution in [2.45, 2.75) is 6.61 Å². The number of hydrogen-bond donors (Lipinski definition) is 1. The van der Waals surface area contributed by atoms with Crippen molar-refractivity contribution in [2.24, 2.45) is 0 Å². The highest BCUT2D eigenvalue weighted by molar-refractivity contribution is 5.87. The molecule has 3 heteroatoms. The minimum Gasteiger partial charge on any atom is -0.507 e. The van der Waals surface area contributed by atoms with Crippen LogP contribution in [0.4, 0.5) is 0 Å². The van der Waals surface area contributed by atoms with E-state index in [4.69, 9.17) is 9.15 Å². The molecule has 0 amide bonds. The largest absolute Gasteiger partial charge is 0.507 e. The van der Waals surface area contributed by atoms with E-state index < -0.39 is 0 Å². The molecule has 0 atom stereocenters. The Labute approximate surface area is 104 Å². The van der Waals surface area contributed by atoms with E-state index in [0.29, 0.717) is 17.6 Å². The average Bonchev–Trinajstić information content (AvgIpc) is 2.82. The molecule has 0 spiro atoms. The van der Waals surface area contributed by atoms with Crippen LogP contribution in [0.3, 0.4) is 0 Å². The molecule has 3 rings (SSSR count). The first-order valence-corrected chi connectivity index (χ1v) is 5.70. The summed E-state index contributed by atoms with van der Waals surface area (Å²) in [5.74, 6) is 1.01. The van der Waals surface area contributed by atoms with E-state index >= 15 is 0 Å². The van der Waals surface area contributed by atoms with Crippen molar-refractivity contribution in [3.05, 3.63) is 60.4 Å². The molecule has 0 radical (unpaired) electrons. The molecule has 0 unspecified atom stereocenters. The van der Waals surface area contributed by atoms with Crippen LogP contribution >= 0.6 is 0 Å². The third-order valence-corrected chi connectivity index (χ3v) is 2.79. The SMILES string of the molecule is Oc1cccc2occ(COc3ccccc3)c12. The number of para-hydroxylation sites is 1. The summed E-state index contributed by atoms with van der Waals surface area (Å²) in [5.41, 5.74) is 1.51. The van der Waals surface area contributed by atoms with Crippen LogP contribution in [0.2, 0.25) is 0 Å². The topological polar surface area (TPSA) is 42.6 Å². The molecule has 3 aromatic rings. The fourth-order valence-electron chi connectivity index (χ4n) is 1.92. The lowest BCUT2D eigenvalue weighted by Gasteiger charge is -2.04. The van der Waals surface area contributed by atoms with Gasteiger partial charge in [0.1, 0.15) is 23.7 Å². The molecule has 1 N–H and O–H groups in total. The Bertz CT molecular complexity index is 656. The number of rotatable bonds is 3. The fraction of sp³-hybridized carbons (Fsp3) is 0.0667. The third-order valence-electron chi connectivity index (χ3n) is 2.79. The fourth-order valence-corrected chi connectivity index (χ4v) is 1.92. The molecule has 0 aliphatic heterocycles. The van der Waals surface area contributed by atoms with Gasteiger partial charge in [-0.15, -0.1) is 0 Å². The van der Waals surface area contributed by atoms with Crippen molar-refractivity contribution < 1.29 is 14.3 Å². The number of hydrogen-bond acceptors (Lipinski definition) is 3. The lowest BCUT2D eigenvalue weighted by Crippen LogP contribution is -1.93. The summed E-state index contributed by atoms with van der Waals surface area (Å²) >= 11 is 0. The second kappa shape index (κ2) is 4.45.